The van der Waals surface area contributed by atoms with Crippen molar-refractivity contribution in [2.24, 2.45) is 7.05 Å². The van der Waals surface area contributed by atoms with Gasteiger partial charge in [0.15, 0.2) is 10.9 Å². The molecule has 0 aliphatic heterocycles. The Bertz CT molecular complexity index is 1220. The lowest BCUT2D eigenvalue weighted by Gasteiger charge is -2.14. The maximum absolute atomic E-state index is 12.8. The second-order valence-electron chi connectivity index (χ2n) is 8.14. The highest BCUT2D eigenvalue weighted by Crippen LogP contribution is 2.26. The minimum Gasteiger partial charge on any atom is -0.325 e. The molecule has 2 amide bonds. The van der Waals surface area contributed by atoms with Crippen molar-refractivity contribution < 1.29 is 14.4 Å². The zero-order chi connectivity index (χ0) is 24.8. The maximum Gasteiger partial charge on any atom is 0.237 e. The molecule has 0 aliphatic carbocycles. The third kappa shape index (κ3) is 6.32. The van der Waals surface area contributed by atoms with Crippen molar-refractivity contribution in [3.05, 3.63) is 65.0 Å². The molecule has 3 aromatic rings. The van der Waals surface area contributed by atoms with Gasteiger partial charge in [-0.25, -0.2) is 0 Å². The van der Waals surface area contributed by atoms with Crippen molar-refractivity contribution in [1.29, 1.82) is 0 Å². The smallest absolute Gasteiger partial charge is 0.237 e. The average Bonchev–Trinajstić information content (AvgIpc) is 3.12. The molecule has 0 bridgehead atoms. The van der Waals surface area contributed by atoms with Gasteiger partial charge in [0.05, 0.1) is 11.7 Å². The zero-order valence-corrected chi connectivity index (χ0v) is 20.8. The summed E-state index contributed by atoms with van der Waals surface area (Å²) in [7, 11) is 1.78. The van der Waals surface area contributed by atoms with E-state index < -0.39 is 5.25 Å². The normalized spacial score (nSPS) is 11.7. The fourth-order valence-corrected chi connectivity index (χ4v) is 4.32. The van der Waals surface area contributed by atoms with Gasteiger partial charge < -0.3 is 15.2 Å². The minimum atomic E-state index is -0.416. The number of ketones is 1. The van der Waals surface area contributed by atoms with Crippen molar-refractivity contribution in [1.82, 2.24) is 14.8 Å². The van der Waals surface area contributed by atoms with E-state index in [9.17, 15) is 14.4 Å². The predicted molar refractivity (Wildman–Crippen MR) is 134 cm³/mol. The summed E-state index contributed by atoms with van der Waals surface area (Å²) in [6.07, 6.45) is 0.635. The molecule has 178 valence electrons. The molecular weight excluding hydrogens is 450 g/mol. The van der Waals surface area contributed by atoms with Gasteiger partial charge in [0.2, 0.25) is 11.8 Å². The van der Waals surface area contributed by atoms with Gasteiger partial charge in [-0.15, -0.1) is 10.2 Å². The molecule has 3 rings (SSSR count). The predicted octanol–water partition coefficient (Wildman–Crippen LogP) is 4.33. The first kappa shape index (κ1) is 25.2. The lowest BCUT2D eigenvalue weighted by atomic mass is 10.1. The Morgan fingerprint density at radius 3 is 2.50 bits per heavy atom. The number of aromatic nitrogens is 3. The molecule has 0 saturated carbocycles. The fourth-order valence-electron chi connectivity index (χ4n) is 3.38. The number of Topliss-reactive ketones (excluding diaryl/α,β-unsaturated/α-hetero) is 1. The number of carbonyl (C=O) groups excluding carboxylic acids is 3. The number of benzene rings is 2. The number of anilines is 2. The van der Waals surface area contributed by atoms with Crippen LogP contribution in [-0.2, 0) is 23.1 Å². The van der Waals surface area contributed by atoms with Crippen LogP contribution in [0.5, 0.6) is 0 Å². The van der Waals surface area contributed by atoms with Gasteiger partial charge in [-0.3, -0.25) is 14.4 Å². The van der Waals surface area contributed by atoms with Gasteiger partial charge in [-0.05, 0) is 51.0 Å². The van der Waals surface area contributed by atoms with E-state index in [1.807, 2.05) is 39.0 Å². The molecule has 2 N–H and O–H groups in total. The quantitative estimate of drug-likeness (QED) is 0.350. The molecule has 1 atom stereocenters. The number of hydrogen-bond donors (Lipinski definition) is 2. The minimum absolute atomic E-state index is 0.0642. The summed E-state index contributed by atoms with van der Waals surface area (Å²) in [5, 5.41) is 14.3. The second-order valence-corrected chi connectivity index (χ2v) is 9.31. The van der Waals surface area contributed by atoms with Crippen LogP contribution in [0.3, 0.4) is 0 Å². The Hall–Kier alpha value is -3.46. The molecule has 9 heteroatoms. The van der Waals surface area contributed by atoms with Crippen LogP contribution >= 0.6 is 11.8 Å². The van der Waals surface area contributed by atoms with Crippen molar-refractivity contribution in [2.45, 2.75) is 50.9 Å². The number of amides is 2. The van der Waals surface area contributed by atoms with Gasteiger partial charge >= 0.3 is 0 Å². The van der Waals surface area contributed by atoms with Gasteiger partial charge in [0.25, 0.3) is 0 Å². The Kier molecular flexibility index (Phi) is 8.22. The Balaban J connectivity index is 1.64. The van der Waals surface area contributed by atoms with Crippen molar-refractivity contribution in [2.75, 3.05) is 10.6 Å². The van der Waals surface area contributed by atoms with Gasteiger partial charge in [0.1, 0.15) is 5.82 Å². The topological polar surface area (TPSA) is 106 Å². The summed E-state index contributed by atoms with van der Waals surface area (Å²) in [5.41, 5.74) is 4.00. The van der Waals surface area contributed by atoms with Crippen LogP contribution in [-0.4, -0.2) is 37.6 Å². The van der Waals surface area contributed by atoms with Crippen molar-refractivity contribution in [3.63, 3.8) is 0 Å². The average molecular weight is 480 g/mol. The first-order valence-corrected chi connectivity index (χ1v) is 11.9. The van der Waals surface area contributed by atoms with Crippen LogP contribution in [0, 0.1) is 13.8 Å². The van der Waals surface area contributed by atoms with E-state index in [0.29, 0.717) is 28.7 Å². The summed E-state index contributed by atoms with van der Waals surface area (Å²) in [4.78, 5) is 37.0. The number of thioether (sulfide) groups is 1. The molecule has 0 spiro atoms. The molecule has 0 unspecified atom stereocenters. The number of carbonyl (C=O) groups is 3. The number of rotatable bonds is 9. The molecule has 0 aliphatic rings. The van der Waals surface area contributed by atoms with Crippen LogP contribution in [0.2, 0.25) is 0 Å². The largest absolute Gasteiger partial charge is 0.325 e. The Morgan fingerprint density at radius 1 is 1.06 bits per heavy atom. The molecule has 8 nitrogen and oxygen atoms in total. The summed E-state index contributed by atoms with van der Waals surface area (Å²) in [6, 6.07) is 12.7. The molecular formula is C25H29N5O3S. The van der Waals surface area contributed by atoms with Crippen molar-refractivity contribution in [3.8, 4) is 0 Å². The first-order valence-electron chi connectivity index (χ1n) is 11.0. The number of nitrogens with zero attached hydrogens (tertiary/aromatic N) is 3. The maximum atomic E-state index is 12.8. The van der Waals surface area contributed by atoms with E-state index in [1.54, 1.807) is 35.9 Å². The highest BCUT2D eigenvalue weighted by molar-refractivity contribution is 8.00. The SMILES string of the molecule is CC[C@@H](Sc1nnc(CC(=O)Nc2ccc(C)cc2C)n1C)C(=O)Nc1cccc(C(C)=O)c1. The number of aryl methyl sites for hydroxylation is 2. The highest BCUT2D eigenvalue weighted by atomic mass is 32.2. The lowest BCUT2D eigenvalue weighted by Crippen LogP contribution is -2.25. The molecule has 0 fully saturated rings. The van der Waals surface area contributed by atoms with E-state index in [-0.39, 0.29) is 24.0 Å². The number of hydrogen-bond acceptors (Lipinski definition) is 6. The third-order valence-corrected chi connectivity index (χ3v) is 6.75. The molecule has 2 aromatic carbocycles. The summed E-state index contributed by atoms with van der Waals surface area (Å²) >= 11 is 1.29. The van der Waals surface area contributed by atoms with Gasteiger partial charge in [-0.2, -0.15) is 0 Å². The monoisotopic (exact) mass is 479 g/mol. The Labute approximate surface area is 203 Å². The van der Waals surface area contributed by atoms with E-state index in [1.165, 1.54) is 18.7 Å². The third-order valence-electron chi connectivity index (χ3n) is 5.35. The molecule has 1 heterocycles. The molecule has 0 radical (unpaired) electrons. The first-order chi connectivity index (χ1) is 16.2. The van der Waals surface area contributed by atoms with Gasteiger partial charge in [0, 0.05) is 24.0 Å². The molecule has 34 heavy (non-hydrogen) atoms. The van der Waals surface area contributed by atoms with Crippen LogP contribution in [0.4, 0.5) is 11.4 Å². The van der Waals surface area contributed by atoms with E-state index >= 15 is 0 Å². The fraction of sp³-hybridized carbons (Fsp3) is 0.320. The molecule has 0 saturated heterocycles. The summed E-state index contributed by atoms with van der Waals surface area (Å²) in [6.45, 7) is 7.35. The van der Waals surface area contributed by atoms with Crippen LogP contribution in [0.15, 0.2) is 47.6 Å². The van der Waals surface area contributed by atoms with E-state index in [2.05, 4.69) is 20.8 Å². The number of nitrogens with one attached hydrogen (secondary N) is 2. The van der Waals surface area contributed by atoms with Gasteiger partial charge in [-0.1, -0.05) is 48.5 Å². The van der Waals surface area contributed by atoms with Crippen molar-refractivity contribution >= 4 is 40.7 Å². The second kappa shape index (κ2) is 11.1. The standard InChI is InChI=1S/C25H29N5O3S/c1-6-21(24(33)26-19-9-7-8-18(13-19)17(4)31)34-25-29-28-22(30(25)5)14-23(32)27-20-11-10-15(2)12-16(20)3/h7-13,21H,6,14H2,1-5H3,(H,26,33)(H,27,32)/t21-/m1/s1. The van der Waals surface area contributed by atoms with Crippen LogP contribution in [0.25, 0.3) is 0 Å². The van der Waals surface area contributed by atoms with Crippen LogP contribution < -0.4 is 10.6 Å². The zero-order valence-electron chi connectivity index (χ0n) is 20.0. The molecule has 1 aromatic heterocycles. The summed E-state index contributed by atoms with van der Waals surface area (Å²) in [5.74, 6) is 0.0689. The van der Waals surface area contributed by atoms with E-state index in [4.69, 9.17) is 0 Å². The lowest BCUT2D eigenvalue weighted by molar-refractivity contribution is -0.116. The Morgan fingerprint density at radius 2 is 1.82 bits per heavy atom. The highest BCUT2D eigenvalue weighted by Gasteiger charge is 2.22. The summed E-state index contributed by atoms with van der Waals surface area (Å²) < 4.78 is 1.73. The van der Waals surface area contributed by atoms with Crippen LogP contribution in [0.1, 0.15) is 47.6 Å². The van der Waals surface area contributed by atoms with E-state index in [0.717, 1.165) is 16.8 Å².